The van der Waals surface area contributed by atoms with Gasteiger partial charge in [0.25, 0.3) is 5.91 Å². The SMILES string of the molecule is CC(=O)c1c(C)[nH]c(C(=O)NC(c2ccccc2)C2CC2)c1C. The van der Waals surface area contributed by atoms with Crippen molar-refractivity contribution in [3.05, 3.63) is 58.4 Å². The smallest absolute Gasteiger partial charge is 0.268 e. The number of carbonyl (C=O) groups is 2. The molecule has 0 radical (unpaired) electrons. The number of aromatic nitrogens is 1. The molecule has 0 saturated heterocycles. The van der Waals surface area contributed by atoms with E-state index in [-0.39, 0.29) is 17.7 Å². The van der Waals surface area contributed by atoms with Crippen molar-refractivity contribution in [2.45, 2.75) is 39.7 Å². The topological polar surface area (TPSA) is 62.0 Å². The van der Waals surface area contributed by atoms with Crippen molar-refractivity contribution < 1.29 is 9.59 Å². The average Bonchev–Trinajstić information content (AvgIpc) is 3.30. The molecule has 4 heteroatoms. The number of hydrogen-bond acceptors (Lipinski definition) is 2. The van der Waals surface area contributed by atoms with Gasteiger partial charge in [-0.25, -0.2) is 0 Å². The monoisotopic (exact) mass is 310 g/mol. The highest BCUT2D eigenvalue weighted by Gasteiger charge is 2.34. The van der Waals surface area contributed by atoms with Gasteiger partial charge in [-0.1, -0.05) is 30.3 Å². The molecule has 1 amide bonds. The van der Waals surface area contributed by atoms with Crippen molar-refractivity contribution in [3.8, 4) is 0 Å². The normalized spacial score (nSPS) is 15.3. The highest BCUT2D eigenvalue weighted by molar-refractivity contribution is 6.02. The Balaban J connectivity index is 1.86. The molecule has 2 aromatic rings. The van der Waals surface area contributed by atoms with E-state index < -0.39 is 0 Å². The summed E-state index contributed by atoms with van der Waals surface area (Å²) in [6.45, 7) is 5.18. The van der Waals surface area contributed by atoms with Gasteiger partial charge in [0.05, 0.1) is 6.04 Å². The maximum Gasteiger partial charge on any atom is 0.268 e. The first-order chi connectivity index (χ1) is 11.0. The van der Waals surface area contributed by atoms with Crippen molar-refractivity contribution in [1.82, 2.24) is 10.3 Å². The fourth-order valence-electron chi connectivity index (χ4n) is 3.28. The number of Topliss-reactive ketones (excluding diaryl/α,β-unsaturated/α-hetero) is 1. The van der Waals surface area contributed by atoms with Crippen LogP contribution in [0.1, 0.15) is 63.5 Å². The highest BCUT2D eigenvalue weighted by atomic mass is 16.2. The lowest BCUT2D eigenvalue weighted by Crippen LogP contribution is -2.30. The van der Waals surface area contributed by atoms with Crippen molar-refractivity contribution in [2.75, 3.05) is 0 Å². The standard InChI is InChI=1S/C19H22N2O2/c1-11-16(13(3)22)12(2)20-17(11)19(23)21-18(15-9-10-15)14-7-5-4-6-8-14/h4-8,15,18,20H,9-10H2,1-3H3,(H,21,23). The summed E-state index contributed by atoms with van der Waals surface area (Å²) in [4.78, 5) is 27.5. The van der Waals surface area contributed by atoms with Crippen molar-refractivity contribution >= 4 is 11.7 Å². The van der Waals surface area contributed by atoms with E-state index >= 15 is 0 Å². The Hall–Kier alpha value is -2.36. The fourth-order valence-corrected chi connectivity index (χ4v) is 3.28. The lowest BCUT2D eigenvalue weighted by Gasteiger charge is -2.18. The summed E-state index contributed by atoms with van der Waals surface area (Å²) in [7, 11) is 0. The van der Waals surface area contributed by atoms with Crippen LogP contribution in [0.15, 0.2) is 30.3 Å². The summed E-state index contributed by atoms with van der Waals surface area (Å²) in [5.41, 5.74) is 3.74. The summed E-state index contributed by atoms with van der Waals surface area (Å²) >= 11 is 0. The number of rotatable bonds is 5. The summed E-state index contributed by atoms with van der Waals surface area (Å²) in [6.07, 6.45) is 2.28. The zero-order valence-electron chi connectivity index (χ0n) is 13.8. The quantitative estimate of drug-likeness (QED) is 0.827. The Labute approximate surface area is 136 Å². The van der Waals surface area contributed by atoms with Crippen LogP contribution in [0.4, 0.5) is 0 Å². The molecule has 1 aromatic carbocycles. The Morgan fingerprint density at radius 3 is 2.35 bits per heavy atom. The number of benzene rings is 1. The predicted octanol–water partition coefficient (Wildman–Crippen LogP) is 3.72. The van der Waals surface area contributed by atoms with E-state index in [0.717, 1.165) is 29.7 Å². The Bertz CT molecular complexity index is 742. The minimum Gasteiger partial charge on any atom is -0.354 e. The van der Waals surface area contributed by atoms with Crippen LogP contribution in [0.5, 0.6) is 0 Å². The lowest BCUT2D eigenvalue weighted by molar-refractivity contribution is 0.0926. The van der Waals surface area contributed by atoms with E-state index in [1.54, 1.807) is 0 Å². The van der Waals surface area contributed by atoms with E-state index in [2.05, 4.69) is 22.4 Å². The number of aryl methyl sites for hydroxylation is 1. The molecule has 1 heterocycles. The van der Waals surface area contributed by atoms with E-state index in [0.29, 0.717) is 17.2 Å². The number of nitrogens with one attached hydrogen (secondary N) is 2. The number of hydrogen-bond donors (Lipinski definition) is 2. The van der Waals surface area contributed by atoms with Gasteiger partial charge < -0.3 is 10.3 Å². The maximum absolute atomic E-state index is 12.7. The molecular weight excluding hydrogens is 288 g/mol. The molecule has 1 fully saturated rings. The number of ketones is 1. The second kappa shape index (κ2) is 6.03. The van der Waals surface area contributed by atoms with Crippen molar-refractivity contribution in [3.63, 3.8) is 0 Å². The van der Waals surface area contributed by atoms with Crippen LogP contribution in [-0.4, -0.2) is 16.7 Å². The van der Waals surface area contributed by atoms with Crippen LogP contribution in [-0.2, 0) is 0 Å². The van der Waals surface area contributed by atoms with Gasteiger partial charge in [-0.3, -0.25) is 9.59 Å². The van der Waals surface area contributed by atoms with E-state index in [9.17, 15) is 9.59 Å². The van der Waals surface area contributed by atoms with Crippen LogP contribution < -0.4 is 5.32 Å². The van der Waals surface area contributed by atoms with Gasteiger partial charge in [0.15, 0.2) is 5.78 Å². The first kappa shape index (κ1) is 15.5. The third-order valence-electron chi connectivity index (χ3n) is 4.56. The molecular formula is C19H22N2O2. The molecule has 2 N–H and O–H groups in total. The minimum atomic E-state index is -0.140. The molecule has 0 aliphatic heterocycles. The maximum atomic E-state index is 12.7. The summed E-state index contributed by atoms with van der Waals surface area (Å²) in [5.74, 6) is 0.348. The zero-order chi connectivity index (χ0) is 16.6. The first-order valence-electron chi connectivity index (χ1n) is 8.05. The second-order valence-corrected chi connectivity index (χ2v) is 6.38. The van der Waals surface area contributed by atoms with E-state index in [1.165, 1.54) is 6.92 Å². The molecule has 1 saturated carbocycles. The summed E-state index contributed by atoms with van der Waals surface area (Å²) < 4.78 is 0. The molecule has 1 atom stereocenters. The Morgan fingerprint density at radius 2 is 1.83 bits per heavy atom. The Kier molecular flexibility index (Phi) is 4.07. The van der Waals surface area contributed by atoms with Crippen LogP contribution >= 0.6 is 0 Å². The molecule has 1 aliphatic carbocycles. The van der Waals surface area contributed by atoms with Crippen molar-refractivity contribution in [2.24, 2.45) is 5.92 Å². The third-order valence-corrected chi connectivity index (χ3v) is 4.56. The van der Waals surface area contributed by atoms with Gasteiger partial charge in [0, 0.05) is 11.3 Å². The number of aromatic amines is 1. The highest BCUT2D eigenvalue weighted by Crippen LogP contribution is 2.41. The molecule has 0 spiro atoms. The first-order valence-corrected chi connectivity index (χ1v) is 8.05. The zero-order valence-corrected chi connectivity index (χ0v) is 13.8. The van der Waals surface area contributed by atoms with Crippen LogP contribution in [0.25, 0.3) is 0 Å². The van der Waals surface area contributed by atoms with Gasteiger partial charge in [0.2, 0.25) is 0 Å². The molecule has 23 heavy (non-hydrogen) atoms. The number of carbonyl (C=O) groups excluding carboxylic acids is 2. The largest absolute Gasteiger partial charge is 0.354 e. The number of H-pyrrole nitrogens is 1. The van der Waals surface area contributed by atoms with Crippen LogP contribution in [0.2, 0.25) is 0 Å². The predicted molar refractivity (Wildman–Crippen MR) is 89.6 cm³/mol. The van der Waals surface area contributed by atoms with E-state index in [1.807, 2.05) is 32.0 Å². The van der Waals surface area contributed by atoms with Crippen LogP contribution in [0, 0.1) is 19.8 Å². The molecule has 0 bridgehead atoms. The fraction of sp³-hybridized carbons (Fsp3) is 0.368. The summed E-state index contributed by atoms with van der Waals surface area (Å²) in [5, 5.41) is 3.15. The second-order valence-electron chi connectivity index (χ2n) is 6.38. The third kappa shape index (κ3) is 3.07. The molecule has 4 nitrogen and oxygen atoms in total. The van der Waals surface area contributed by atoms with Gasteiger partial charge >= 0.3 is 0 Å². The molecule has 1 aliphatic rings. The molecule has 1 unspecified atom stereocenters. The minimum absolute atomic E-state index is 0.0166. The van der Waals surface area contributed by atoms with Crippen molar-refractivity contribution in [1.29, 1.82) is 0 Å². The average molecular weight is 310 g/mol. The van der Waals surface area contributed by atoms with Crippen LogP contribution in [0.3, 0.4) is 0 Å². The van der Waals surface area contributed by atoms with Gasteiger partial charge in [-0.05, 0) is 50.7 Å². The lowest BCUT2D eigenvalue weighted by atomic mass is 10.0. The van der Waals surface area contributed by atoms with Gasteiger partial charge in [0.1, 0.15) is 5.69 Å². The van der Waals surface area contributed by atoms with Gasteiger partial charge in [-0.2, -0.15) is 0 Å². The van der Waals surface area contributed by atoms with E-state index in [4.69, 9.17) is 0 Å². The van der Waals surface area contributed by atoms with Gasteiger partial charge in [-0.15, -0.1) is 0 Å². The molecule has 3 rings (SSSR count). The molecule has 120 valence electrons. The molecule has 1 aromatic heterocycles. The number of amides is 1. The summed E-state index contributed by atoms with van der Waals surface area (Å²) in [6, 6.07) is 10.1. The Morgan fingerprint density at radius 1 is 1.17 bits per heavy atom.